The molecule has 0 amide bonds. The first-order chi connectivity index (χ1) is 9.31. The SMILES string of the molecule is CN1CCCC(COc2ccc3cncnc3c2)C1. The summed E-state index contributed by atoms with van der Waals surface area (Å²) in [5.41, 5.74) is 0.938. The quantitative estimate of drug-likeness (QED) is 0.846. The Kier molecular flexibility index (Phi) is 3.60. The predicted molar refractivity (Wildman–Crippen MR) is 75.3 cm³/mol. The fourth-order valence-electron chi connectivity index (χ4n) is 2.67. The van der Waals surface area contributed by atoms with E-state index in [1.165, 1.54) is 19.4 Å². The van der Waals surface area contributed by atoms with Crippen LogP contribution in [0.25, 0.3) is 10.9 Å². The molecular formula is C15H19N3O. The molecule has 2 aromatic rings. The van der Waals surface area contributed by atoms with Crippen molar-refractivity contribution in [1.29, 1.82) is 0 Å². The van der Waals surface area contributed by atoms with E-state index in [0.717, 1.165) is 29.8 Å². The monoisotopic (exact) mass is 257 g/mol. The standard InChI is InChI=1S/C15H19N3O/c1-18-6-2-3-12(9-18)10-19-14-5-4-13-8-16-11-17-15(13)7-14/h4-5,7-8,11-12H,2-3,6,9-10H2,1H3. The van der Waals surface area contributed by atoms with Crippen LogP contribution in [0.1, 0.15) is 12.8 Å². The molecule has 1 fully saturated rings. The van der Waals surface area contributed by atoms with Crippen molar-refractivity contribution in [3.8, 4) is 5.75 Å². The van der Waals surface area contributed by atoms with E-state index >= 15 is 0 Å². The van der Waals surface area contributed by atoms with Gasteiger partial charge in [-0.25, -0.2) is 9.97 Å². The van der Waals surface area contributed by atoms with Gasteiger partial charge in [0.25, 0.3) is 0 Å². The van der Waals surface area contributed by atoms with Crippen molar-refractivity contribution in [3.63, 3.8) is 0 Å². The first-order valence-electron chi connectivity index (χ1n) is 6.82. The van der Waals surface area contributed by atoms with Crippen LogP contribution in [0.4, 0.5) is 0 Å². The molecule has 1 aliphatic heterocycles. The van der Waals surface area contributed by atoms with Crippen LogP contribution >= 0.6 is 0 Å². The Hall–Kier alpha value is -1.68. The van der Waals surface area contributed by atoms with Gasteiger partial charge in [-0.3, -0.25) is 0 Å². The minimum atomic E-state index is 0.639. The lowest BCUT2D eigenvalue weighted by Gasteiger charge is -2.29. The average molecular weight is 257 g/mol. The number of ether oxygens (including phenoxy) is 1. The molecule has 1 unspecified atom stereocenters. The van der Waals surface area contributed by atoms with E-state index < -0.39 is 0 Å². The largest absolute Gasteiger partial charge is 0.493 e. The van der Waals surface area contributed by atoms with Crippen LogP contribution in [0.15, 0.2) is 30.7 Å². The van der Waals surface area contributed by atoms with E-state index in [4.69, 9.17) is 4.74 Å². The highest BCUT2D eigenvalue weighted by atomic mass is 16.5. The first-order valence-corrected chi connectivity index (χ1v) is 6.82. The number of hydrogen-bond acceptors (Lipinski definition) is 4. The molecule has 1 aliphatic rings. The molecule has 1 aromatic carbocycles. The van der Waals surface area contributed by atoms with Crippen molar-refractivity contribution in [2.24, 2.45) is 5.92 Å². The predicted octanol–water partition coefficient (Wildman–Crippen LogP) is 2.35. The summed E-state index contributed by atoms with van der Waals surface area (Å²) in [4.78, 5) is 10.6. The zero-order valence-corrected chi connectivity index (χ0v) is 11.2. The van der Waals surface area contributed by atoms with Gasteiger partial charge in [0.1, 0.15) is 12.1 Å². The highest BCUT2D eigenvalue weighted by Crippen LogP contribution is 2.21. The molecule has 0 aliphatic carbocycles. The normalized spacial score (nSPS) is 20.6. The molecule has 19 heavy (non-hydrogen) atoms. The maximum Gasteiger partial charge on any atom is 0.121 e. The van der Waals surface area contributed by atoms with Gasteiger partial charge in [-0.1, -0.05) is 0 Å². The molecule has 1 saturated heterocycles. The smallest absolute Gasteiger partial charge is 0.121 e. The van der Waals surface area contributed by atoms with Crippen molar-refractivity contribution in [3.05, 3.63) is 30.7 Å². The maximum atomic E-state index is 5.91. The molecule has 0 spiro atoms. The van der Waals surface area contributed by atoms with Crippen LogP contribution in [-0.4, -0.2) is 41.6 Å². The number of benzene rings is 1. The molecule has 4 nitrogen and oxygen atoms in total. The van der Waals surface area contributed by atoms with E-state index in [1.54, 1.807) is 6.33 Å². The second-order valence-corrected chi connectivity index (χ2v) is 5.32. The van der Waals surface area contributed by atoms with Crippen LogP contribution < -0.4 is 4.74 Å². The summed E-state index contributed by atoms with van der Waals surface area (Å²) in [5.74, 6) is 1.54. The summed E-state index contributed by atoms with van der Waals surface area (Å²) in [5, 5.41) is 1.05. The second-order valence-electron chi connectivity index (χ2n) is 5.32. The van der Waals surface area contributed by atoms with Crippen molar-refractivity contribution in [2.45, 2.75) is 12.8 Å². The van der Waals surface area contributed by atoms with Gasteiger partial charge in [0.05, 0.1) is 12.1 Å². The van der Waals surface area contributed by atoms with E-state index in [0.29, 0.717) is 5.92 Å². The molecule has 4 heteroatoms. The topological polar surface area (TPSA) is 38.2 Å². The fraction of sp³-hybridized carbons (Fsp3) is 0.467. The van der Waals surface area contributed by atoms with Gasteiger partial charge in [0.2, 0.25) is 0 Å². The van der Waals surface area contributed by atoms with Crippen LogP contribution in [0.2, 0.25) is 0 Å². The van der Waals surface area contributed by atoms with Crippen LogP contribution in [0.3, 0.4) is 0 Å². The lowest BCUT2D eigenvalue weighted by Crippen LogP contribution is -2.34. The second kappa shape index (κ2) is 5.53. The summed E-state index contributed by atoms with van der Waals surface area (Å²) >= 11 is 0. The van der Waals surface area contributed by atoms with E-state index in [1.807, 2.05) is 24.4 Å². The molecule has 3 rings (SSSR count). The maximum absolute atomic E-state index is 5.91. The number of hydrogen-bond donors (Lipinski definition) is 0. The first kappa shape index (κ1) is 12.4. The molecule has 0 N–H and O–H groups in total. The van der Waals surface area contributed by atoms with Gasteiger partial charge in [0, 0.05) is 30.1 Å². The van der Waals surface area contributed by atoms with Crippen LogP contribution in [-0.2, 0) is 0 Å². The summed E-state index contributed by atoms with van der Waals surface area (Å²) in [6.45, 7) is 3.14. The molecule has 0 saturated carbocycles. The van der Waals surface area contributed by atoms with Gasteiger partial charge in [-0.15, -0.1) is 0 Å². The Morgan fingerprint density at radius 1 is 1.42 bits per heavy atom. The number of nitrogens with zero attached hydrogens (tertiary/aromatic N) is 3. The number of fused-ring (bicyclic) bond motifs is 1. The minimum Gasteiger partial charge on any atom is -0.493 e. The number of likely N-dealkylation sites (tertiary alicyclic amines) is 1. The van der Waals surface area contributed by atoms with E-state index in [2.05, 4.69) is 21.9 Å². The number of rotatable bonds is 3. The van der Waals surface area contributed by atoms with Gasteiger partial charge in [-0.2, -0.15) is 0 Å². The molecule has 0 bridgehead atoms. The summed E-state index contributed by atoms with van der Waals surface area (Å²) in [6, 6.07) is 6.00. The summed E-state index contributed by atoms with van der Waals surface area (Å²) < 4.78 is 5.91. The third kappa shape index (κ3) is 3.01. The lowest BCUT2D eigenvalue weighted by atomic mass is 10.00. The Morgan fingerprint density at radius 2 is 2.37 bits per heavy atom. The molecule has 2 heterocycles. The lowest BCUT2D eigenvalue weighted by molar-refractivity contribution is 0.150. The average Bonchev–Trinajstić information content (AvgIpc) is 2.45. The Morgan fingerprint density at radius 3 is 3.26 bits per heavy atom. The highest BCUT2D eigenvalue weighted by molar-refractivity contribution is 5.78. The Labute approximate surface area is 113 Å². The zero-order chi connectivity index (χ0) is 13.1. The summed E-state index contributed by atoms with van der Waals surface area (Å²) in [6.07, 6.45) is 5.93. The Bertz CT molecular complexity index is 558. The van der Waals surface area contributed by atoms with Gasteiger partial charge >= 0.3 is 0 Å². The zero-order valence-electron chi connectivity index (χ0n) is 11.2. The molecule has 0 radical (unpaired) electrons. The summed E-state index contributed by atoms with van der Waals surface area (Å²) in [7, 11) is 2.18. The van der Waals surface area contributed by atoms with Crippen molar-refractivity contribution in [2.75, 3.05) is 26.7 Å². The van der Waals surface area contributed by atoms with Crippen LogP contribution in [0, 0.1) is 5.92 Å². The minimum absolute atomic E-state index is 0.639. The van der Waals surface area contributed by atoms with Crippen LogP contribution in [0.5, 0.6) is 5.75 Å². The third-order valence-corrected chi connectivity index (χ3v) is 3.69. The third-order valence-electron chi connectivity index (χ3n) is 3.69. The van der Waals surface area contributed by atoms with Gasteiger partial charge in [0.15, 0.2) is 0 Å². The number of aromatic nitrogens is 2. The van der Waals surface area contributed by atoms with Gasteiger partial charge < -0.3 is 9.64 Å². The highest BCUT2D eigenvalue weighted by Gasteiger charge is 2.17. The molecule has 1 atom stereocenters. The van der Waals surface area contributed by atoms with Gasteiger partial charge in [-0.05, 0) is 38.6 Å². The number of piperidine rings is 1. The van der Waals surface area contributed by atoms with E-state index in [9.17, 15) is 0 Å². The molecular weight excluding hydrogens is 238 g/mol. The Balaban J connectivity index is 1.64. The van der Waals surface area contributed by atoms with Crippen molar-refractivity contribution < 1.29 is 4.74 Å². The molecule has 1 aromatic heterocycles. The van der Waals surface area contributed by atoms with E-state index in [-0.39, 0.29) is 0 Å². The fourth-order valence-corrected chi connectivity index (χ4v) is 2.67. The molecule has 100 valence electrons. The van der Waals surface area contributed by atoms with Crippen molar-refractivity contribution in [1.82, 2.24) is 14.9 Å². The van der Waals surface area contributed by atoms with Crippen molar-refractivity contribution >= 4 is 10.9 Å².